The zero-order chi connectivity index (χ0) is 14.6. The van der Waals surface area contributed by atoms with Crippen molar-refractivity contribution in [2.75, 3.05) is 0 Å². The Balaban J connectivity index is 2.94. The number of benzene rings is 1. The smallest absolute Gasteiger partial charge is 0.328 e. The van der Waals surface area contributed by atoms with Crippen LogP contribution in [-0.2, 0) is 12.6 Å². The van der Waals surface area contributed by atoms with Gasteiger partial charge in [0.05, 0.1) is 5.56 Å². The molecule has 1 aromatic carbocycles. The minimum atomic E-state index is -4.28. The molecule has 0 spiro atoms. The summed E-state index contributed by atoms with van der Waals surface area (Å²) < 4.78 is 38.5. The lowest BCUT2D eigenvalue weighted by atomic mass is 9.95. The predicted octanol–water partition coefficient (Wildman–Crippen LogP) is 4.50. The quantitative estimate of drug-likeness (QED) is 0.840. The molecule has 0 saturated carbocycles. The highest BCUT2D eigenvalue weighted by molar-refractivity contribution is 5.33. The van der Waals surface area contributed by atoms with Gasteiger partial charge in [0.15, 0.2) is 0 Å². The minimum Gasteiger partial charge on any atom is -0.328 e. The van der Waals surface area contributed by atoms with E-state index >= 15 is 0 Å². The molecule has 0 fully saturated rings. The van der Waals surface area contributed by atoms with Gasteiger partial charge in [-0.1, -0.05) is 19.9 Å². The third-order valence-electron chi connectivity index (χ3n) is 3.13. The van der Waals surface area contributed by atoms with E-state index in [1.165, 1.54) is 12.1 Å². The number of rotatable bonds is 5. The predicted molar refractivity (Wildman–Crippen MR) is 72.1 cm³/mol. The Morgan fingerprint density at radius 1 is 1.11 bits per heavy atom. The lowest BCUT2D eigenvalue weighted by Crippen LogP contribution is -2.14. The summed E-state index contributed by atoms with van der Waals surface area (Å²) in [6.45, 7) is 5.72. The lowest BCUT2D eigenvalue weighted by molar-refractivity contribution is -0.137. The van der Waals surface area contributed by atoms with Crippen LogP contribution in [0, 0.1) is 0 Å². The average molecular weight is 273 g/mol. The molecule has 1 atom stereocenters. The standard InChI is InChI=1S/C15H22F3N/c1-10(2)13-7-12(6-4-5-11(3)19)8-14(9-13)15(16,17)18/h7-11H,4-6,19H2,1-3H3/t11-/m0/s1. The molecule has 0 aromatic heterocycles. The molecule has 0 unspecified atom stereocenters. The van der Waals surface area contributed by atoms with Crippen molar-refractivity contribution in [3.05, 3.63) is 34.9 Å². The Kier molecular flexibility index (Phi) is 5.41. The van der Waals surface area contributed by atoms with E-state index in [9.17, 15) is 13.2 Å². The van der Waals surface area contributed by atoms with Crippen molar-refractivity contribution in [1.29, 1.82) is 0 Å². The summed E-state index contributed by atoms with van der Waals surface area (Å²) in [5.74, 6) is 0.0921. The number of halogens is 3. The molecule has 0 amide bonds. The summed E-state index contributed by atoms with van der Waals surface area (Å²) in [5, 5.41) is 0. The molecule has 0 radical (unpaired) electrons. The van der Waals surface area contributed by atoms with Crippen molar-refractivity contribution >= 4 is 0 Å². The first-order valence-electron chi connectivity index (χ1n) is 6.66. The topological polar surface area (TPSA) is 26.0 Å². The maximum Gasteiger partial charge on any atom is 0.416 e. The van der Waals surface area contributed by atoms with Crippen LogP contribution in [0.3, 0.4) is 0 Å². The van der Waals surface area contributed by atoms with Crippen molar-refractivity contribution in [2.45, 2.75) is 58.2 Å². The Bertz CT molecular complexity index is 408. The lowest BCUT2D eigenvalue weighted by Gasteiger charge is -2.14. The minimum absolute atomic E-state index is 0.0921. The van der Waals surface area contributed by atoms with E-state index in [1.54, 1.807) is 0 Å². The van der Waals surface area contributed by atoms with Crippen molar-refractivity contribution < 1.29 is 13.2 Å². The first kappa shape index (κ1) is 16.0. The highest BCUT2D eigenvalue weighted by atomic mass is 19.4. The summed E-state index contributed by atoms with van der Waals surface area (Å²) in [5.41, 5.74) is 6.60. The second-order valence-electron chi connectivity index (χ2n) is 5.49. The zero-order valence-corrected chi connectivity index (χ0v) is 11.7. The van der Waals surface area contributed by atoms with Crippen LogP contribution in [0.1, 0.15) is 56.2 Å². The van der Waals surface area contributed by atoms with Crippen LogP contribution in [-0.4, -0.2) is 6.04 Å². The third-order valence-corrected chi connectivity index (χ3v) is 3.13. The molecule has 4 heteroatoms. The van der Waals surface area contributed by atoms with E-state index in [0.29, 0.717) is 6.42 Å². The third kappa shape index (κ3) is 5.23. The number of hydrogen-bond donors (Lipinski definition) is 1. The van der Waals surface area contributed by atoms with Gasteiger partial charge in [0.2, 0.25) is 0 Å². The molecule has 2 N–H and O–H groups in total. The second-order valence-corrected chi connectivity index (χ2v) is 5.49. The summed E-state index contributed by atoms with van der Waals surface area (Å²) in [4.78, 5) is 0. The van der Waals surface area contributed by atoms with E-state index in [0.717, 1.165) is 24.0 Å². The highest BCUT2D eigenvalue weighted by Gasteiger charge is 2.31. The fourth-order valence-electron chi connectivity index (χ4n) is 1.99. The highest BCUT2D eigenvalue weighted by Crippen LogP contribution is 2.32. The molecule has 1 aromatic rings. The van der Waals surface area contributed by atoms with Gasteiger partial charge in [-0.25, -0.2) is 0 Å². The van der Waals surface area contributed by atoms with Crippen LogP contribution in [0.25, 0.3) is 0 Å². The molecular formula is C15H22F3N. The van der Waals surface area contributed by atoms with Gasteiger partial charge in [-0.15, -0.1) is 0 Å². The van der Waals surface area contributed by atoms with Crippen molar-refractivity contribution in [2.24, 2.45) is 5.73 Å². The van der Waals surface area contributed by atoms with Crippen LogP contribution in [0.2, 0.25) is 0 Å². The molecular weight excluding hydrogens is 251 g/mol. The molecule has 0 heterocycles. The summed E-state index contributed by atoms with van der Waals surface area (Å²) in [6, 6.07) is 4.48. The number of nitrogens with two attached hydrogens (primary N) is 1. The van der Waals surface area contributed by atoms with E-state index in [2.05, 4.69) is 0 Å². The van der Waals surface area contributed by atoms with Crippen LogP contribution < -0.4 is 5.73 Å². The number of hydrogen-bond acceptors (Lipinski definition) is 1. The average Bonchev–Trinajstić information content (AvgIpc) is 2.26. The molecule has 1 nitrogen and oxygen atoms in total. The first-order valence-corrected chi connectivity index (χ1v) is 6.66. The van der Waals surface area contributed by atoms with Crippen LogP contribution in [0.4, 0.5) is 13.2 Å². The van der Waals surface area contributed by atoms with Crippen LogP contribution in [0.5, 0.6) is 0 Å². The molecule has 1 rings (SSSR count). The summed E-state index contributed by atoms with van der Waals surface area (Å²) in [7, 11) is 0. The molecule has 0 aliphatic carbocycles. The van der Waals surface area contributed by atoms with E-state index in [-0.39, 0.29) is 12.0 Å². The molecule has 0 saturated heterocycles. The van der Waals surface area contributed by atoms with Crippen molar-refractivity contribution in [3.63, 3.8) is 0 Å². The van der Waals surface area contributed by atoms with Crippen molar-refractivity contribution in [3.8, 4) is 0 Å². The molecule has 0 aliphatic rings. The van der Waals surface area contributed by atoms with E-state index < -0.39 is 11.7 Å². The first-order chi connectivity index (χ1) is 8.70. The van der Waals surface area contributed by atoms with Gasteiger partial charge in [0.1, 0.15) is 0 Å². The van der Waals surface area contributed by atoms with Gasteiger partial charge in [-0.3, -0.25) is 0 Å². The Morgan fingerprint density at radius 3 is 2.21 bits per heavy atom. The summed E-state index contributed by atoms with van der Waals surface area (Å²) >= 11 is 0. The molecule has 0 bridgehead atoms. The maximum atomic E-state index is 12.8. The maximum absolute atomic E-state index is 12.8. The largest absolute Gasteiger partial charge is 0.416 e. The zero-order valence-electron chi connectivity index (χ0n) is 11.7. The Labute approximate surface area is 113 Å². The normalized spacial score (nSPS) is 13.9. The van der Waals surface area contributed by atoms with Gasteiger partial charge in [-0.2, -0.15) is 13.2 Å². The van der Waals surface area contributed by atoms with Gasteiger partial charge in [0.25, 0.3) is 0 Å². The van der Waals surface area contributed by atoms with Gasteiger partial charge < -0.3 is 5.73 Å². The second kappa shape index (κ2) is 6.42. The Hall–Kier alpha value is -1.03. The number of alkyl halides is 3. The SMILES string of the molecule is CC(C)c1cc(CCC[C@H](C)N)cc(C(F)(F)F)c1. The van der Waals surface area contributed by atoms with Gasteiger partial charge in [0, 0.05) is 6.04 Å². The van der Waals surface area contributed by atoms with E-state index in [1.807, 2.05) is 26.8 Å². The summed E-state index contributed by atoms with van der Waals surface area (Å²) in [6.07, 6.45) is -1.99. The van der Waals surface area contributed by atoms with Crippen LogP contribution in [0.15, 0.2) is 18.2 Å². The molecule has 0 aliphatic heterocycles. The van der Waals surface area contributed by atoms with Crippen LogP contribution >= 0.6 is 0 Å². The van der Waals surface area contributed by atoms with E-state index in [4.69, 9.17) is 5.73 Å². The van der Waals surface area contributed by atoms with Gasteiger partial charge >= 0.3 is 6.18 Å². The number of aryl methyl sites for hydroxylation is 1. The van der Waals surface area contributed by atoms with Crippen molar-refractivity contribution in [1.82, 2.24) is 0 Å². The fourth-order valence-corrected chi connectivity index (χ4v) is 1.99. The van der Waals surface area contributed by atoms with Gasteiger partial charge in [-0.05, 0) is 55.4 Å². The Morgan fingerprint density at radius 2 is 1.74 bits per heavy atom. The monoisotopic (exact) mass is 273 g/mol. The molecule has 19 heavy (non-hydrogen) atoms. The molecule has 108 valence electrons. The fraction of sp³-hybridized carbons (Fsp3) is 0.600.